The maximum Gasteiger partial charge on any atom is 0.336 e. The van der Waals surface area contributed by atoms with Gasteiger partial charge in [0.1, 0.15) is 5.69 Å². The van der Waals surface area contributed by atoms with Crippen molar-refractivity contribution in [1.82, 2.24) is 0 Å². The van der Waals surface area contributed by atoms with Crippen LogP contribution < -0.4 is 0 Å². The maximum absolute atomic E-state index is 10.7. The second-order valence-corrected chi connectivity index (χ2v) is 2.43. The van der Waals surface area contributed by atoms with Crippen LogP contribution in [0.4, 0.5) is 11.4 Å². The zero-order valence-electron chi connectivity index (χ0n) is 7.19. The smallest absolute Gasteiger partial charge is 0.336 e. The van der Waals surface area contributed by atoms with E-state index in [1.807, 2.05) is 0 Å². The average Bonchev–Trinajstić information content (AvgIpc) is 2.17. The van der Waals surface area contributed by atoms with E-state index in [2.05, 4.69) is 10.0 Å². The Morgan fingerprint density at radius 1 is 1.60 bits per heavy atom. The minimum absolute atomic E-state index is 0.401. The molecule has 0 saturated carbocycles. The Morgan fingerprint density at radius 2 is 2.27 bits per heavy atom. The quantitative estimate of drug-likeness (QED) is 0.268. The molecule has 1 N–H and O–H groups in total. The lowest BCUT2D eigenvalue weighted by molar-refractivity contribution is -0.384. The third-order valence-electron chi connectivity index (χ3n) is 1.59. The van der Waals surface area contributed by atoms with Crippen molar-refractivity contribution in [3.8, 4) is 0 Å². The molecule has 0 bridgehead atoms. The molecule has 0 saturated heterocycles. The molecule has 0 aromatic heterocycles. The number of benzene rings is 1. The number of nitrogens with zero attached hydrogens (tertiary/aromatic N) is 4. The molecule has 1 aromatic carbocycles. The van der Waals surface area contributed by atoms with Gasteiger partial charge in [-0.25, -0.2) is 4.79 Å². The van der Waals surface area contributed by atoms with Crippen molar-refractivity contribution in [2.45, 2.75) is 0 Å². The van der Waals surface area contributed by atoms with Gasteiger partial charge in [0.2, 0.25) is 0 Å². The first-order valence-corrected chi connectivity index (χ1v) is 3.63. The molecule has 8 heteroatoms. The molecule has 8 nitrogen and oxygen atoms in total. The number of carbonyl (C=O) groups is 1. The number of aromatic carboxylic acids is 1. The molecule has 0 aliphatic rings. The monoisotopic (exact) mass is 208 g/mol. The highest BCUT2D eigenvalue weighted by molar-refractivity contribution is 5.95. The number of hydrogen-bond acceptors (Lipinski definition) is 4. The molecule has 0 aliphatic heterocycles. The zero-order chi connectivity index (χ0) is 11.4. The van der Waals surface area contributed by atoms with Crippen LogP contribution in [0.1, 0.15) is 10.4 Å². The number of hydrogen-bond donors (Lipinski definition) is 1. The van der Waals surface area contributed by atoms with Gasteiger partial charge in [-0.05, 0) is 11.6 Å². The van der Waals surface area contributed by atoms with Crippen LogP contribution in [-0.2, 0) is 0 Å². The molecule has 0 spiro atoms. The van der Waals surface area contributed by atoms with E-state index in [0.29, 0.717) is 0 Å². The third kappa shape index (κ3) is 2.01. The summed E-state index contributed by atoms with van der Waals surface area (Å²) >= 11 is 0. The number of azide groups is 1. The molecule has 0 amide bonds. The van der Waals surface area contributed by atoms with Crippen molar-refractivity contribution in [2.75, 3.05) is 0 Å². The summed E-state index contributed by atoms with van der Waals surface area (Å²) in [5, 5.41) is 22.2. The Balaban J connectivity index is 3.55. The molecular weight excluding hydrogens is 204 g/mol. The number of nitro benzene ring substituents is 1. The Kier molecular flexibility index (Phi) is 2.85. The highest BCUT2D eigenvalue weighted by Crippen LogP contribution is 2.31. The van der Waals surface area contributed by atoms with Crippen molar-refractivity contribution in [2.24, 2.45) is 5.11 Å². The van der Waals surface area contributed by atoms with Gasteiger partial charge >= 0.3 is 5.97 Å². The van der Waals surface area contributed by atoms with Gasteiger partial charge < -0.3 is 5.11 Å². The van der Waals surface area contributed by atoms with Crippen molar-refractivity contribution in [3.63, 3.8) is 0 Å². The summed E-state index contributed by atoms with van der Waals surface area (Å²) in [5.41, 5.74) is 6.75. The fourth-order valence-electron chi connectivity index (χ4n) is 1.00. The second-order valence-electron chi connectivity index (χ2n) is 2.43. The lowest BCUT2D eigenvalue weighted by Gasteiger charge is -1.99. The molecule has 0 fully saturated rings. The SMILES string of the molecule is [N-]=[N+]=Nc1c(C(=O)O)cccc1[N+](=O)[O-]. The van der Waals surface area contributed by atoms with E-state index in [-0.39, 0.29) is 0 Å². The number of nitro groups is 1. The Hall–Kier alpha value is -2.60. The molecule has 15 heavy (non-hydrogen) atoms. The predicted molar refractivity (Wildman–Crippen MR) is 48.9 cm³/mol. The zero-order valence-corrected chi connectivity index (χ0v) is 7.19. The first-order chi connectivity index (χ1) is 7.07. The Morgan fingerprint density at radius 3 is 2.73 bits per heavy atom. The van der Waals surface area contributed by atoms with Gasteiger partial charge in [0.05, 0.1) is 10.5 Å². The lowest BCUT2D eigenvalue weighted by Crippen LogP contribution is -1.99. The summed E-state index contributed by atoms with van der Waals surface area (Å²) in [6.45, 7) is 0. The van der Waals surface area contributed by atoms with E-state index in [1.54, 1.807) is 0 Å². The summed E-state index contributed by atoms with van der Waals surface area (Å²) in [7, 11) is 0. The van der Waals surface area contributed by atoms with E-state index < -0.39 is 27.8 Å². The molecule has 0 unspecified atom stereocenters. The maximum atomic E-state index is 10.7. The number of carboxylic acid groups (broad SMARTS) is 1. The van der Waals surface area contributed by atoms with E-state index in [4.69, 9.17) is 10.6 Å². The van der Waals surface area contributed by atoms with Gasteiger partial charge in [-0.15, -0.1) is 0 Å². The highest BCUT2D eigenvalue weighted by Gasteiger charge is 2.19. The minimum Gasteiger partial charge on any atom is -0.478 e. The van der Waals surface area contributed by atoms with Gasteiger partial charge in [-0.2, -0.15) is 0 Å². The van der Waals surface area contributed by atoms with Crippen LogP contribution in [0.5, 0.6) is 0 Å². The normalized spacial score (nSPS) is 9.07. The predicted octanol–water partition coefficient (Wildman–Crippen LogP) is 2.23. The van der Waals surface area contributed by atoms with Crippen LogP contribution in [0.25, 0.3) is 10.4 Å². The second kappa shape index (κ2) is 4.07. The minimum atomic E-state index is -1.39. The molecule has 0 radical (unpaired) electrons. The molecule has 0 heterocycles. The van der Waals surface area contributed by atoms with Crippen LogP contribution in [-0.4, -0.2) is 16.0 Å². The molecule has 0 aliphatic carbocycles. The Labute approximate surface area is 82.5 Å². The Bertz CT molecular complexity index is 446. The summed E-state index contributed by atoms with van der Waals surface area (Å²) in [6, 6.07) is 3.40. The standard InChI is InChI=1S/C7H4N4O4/c8-10-9-6-4(7(12)13)2-1-3-5(6)11(14)15/h1-3H,(H,12,13). The van der Waals surface area contributed by atoms with Gasteiger partial charge in [-0.3, -0.25) is 10.1 Å². The number of carboxylic acids is 1. The van der Waals surface area contributed by atoms with Crippen LogP contribution in [0, 0.1) is 10.1 Å². The van der Waals surface area contributed by atoms with Crippen LogP contribution in [0.3, 0.4) is 0 Å². The summed E-state index contributed by atoms with van der Waals surface area (Å²) in [6.07, 6.45) is 0. The van der Waals surface area contributed by atoms with E-state index in [1.165, 1.54) is 6.07 Å². The summed E-state index contributed by atoms with van der Waals surface area (Å²) < 4.78 is 0. The number of rotatable bonds is 3. The van der Waals surface area contributed by atoms with Gasteiger partial charge in [0.25, 0.3) is 5.69 Å². The molecule has 1 aromatic rings. The van der Waals surface area contributed by atoms with Crippen molar-refractivity contribution in [3.05, 3.63) is 44.3 Å². The molecule has 76 valence electrons. The first-order valence-electron chi connectivity index (χ1n) is 3.63. The fraction of sp³-hybridized carbons (Fsp3) is 0. The summed E-state index contributed by atoms with van der Waals surface area (Å²) in [4.78, 5) is 22.7. The van der Waals surface area contributed by atoms with E-state index >= 15 is 0 Å². The van der Waals surface area contributed by atoms with Gasteiger partial charge in [0, 0.05) is 11.0 Å². The van der Waals surface area contributed by atoms with Crippen LogP contribution in [0.2, 0.25) is 0 Å². The molecule has 1 rings (SSSR count). The molecular formula is C7H4N4O4. The summed E-state index contributed by atoms with van der Waals surface area (Å²) in [5.74, 6) is -1.39. The van der Waals surface area contributed by atoms with Crippen molar-refractivity contribution < 1.29 is 14.8 Å². The van der Waals surface area contributed by atoms with Crippen molar-refractivity contribution in [1.29, 1.82) is 0 Å². The topological polar surface area (TPSA) is 129 Å². The van der Waals surface area contributed by atoms with Crippen molar-refractivity contribution >= 4 is 17.3 Å². The lowest BCUT2D eigenvalue weighted by atomic mass is 10.1. The fourth-order valence-corrected chi connectivity index (χ4v) is 1.00. The largest absolute Gasteiger partial charge is 0.478 e. The third-order valence-corrected chi connectivity index (χ3v) is 1.59. The van der Waals surface area contributed by atoms with Gasteiger partial charge in [0.15, 0.2) is 0 Å². The van der Waals surface area contributed by atoms with Gasteiger partial charge in [-0.1, -0.05) is 11.2 Å². The van der Waals surface area contributed by atoms with Crippen LogP contribution in [0.15, 0.2) is 23.3 Å². The van der Waals surface area contributed by atoms with Crippen LogP contribution >= 0.6 is 0 Å². The first kappa shape index (κ1) is 10.5. The highest BCUT2D eigenvalue weighted by atomic mass is 16.6. The van der Waals surface area contributed by atoms with E-state index in [0.717, 1.165) is 12.1 Å². The van der Waals surface area contributed by atoms with E-state index in [9.17, 15) is 14.9 Å². The average molecular weight is 208 g/mol. The molecule has 0 atom stereocenters.